The molecule has 1 aliphatic carbocycles. The largest absolute Gasteiger partial charge is 0.299 e. The smallest absolute Gasteiger partial charge is 0.138 e. The van der Waals surface area contributed by atoms with Crippen LogP contribution in [-0.2, 0) is 14.6 Å². The normalized spacial score (nSPS) is 33.0. The fraction of sp³-hybridized carbons (Fsp3) is 0.952. The van der Waals surface area contributed by atoms with Gasteiger partial charge in [0.25, 0.3) is 0 Å². The van der Waals surface area contributed by atoms with Crippen molar-refractivity contribution >= 4 is 5.78 Å². The Kier molecular flexibility index (Phi) is 8.22. The minimum absolute atomic E-state index is 0.00289. The Hall–Kier alpha value is -0.410. The molecule has 0 radical (unpaired) electrons. The molecule has 4 atom stereocenters. The van der Waals surface area contributed by atoms with Gasteiger partial charge < -0.3 is 0 Å². The molecule has 0 spiro atoms. The van der Waals surface area contributed by atoms with Crippen LogP contribution in [0.15, 0.2) is 0 Å². The van der Waals surface area contributed by atoms with Gasteiger partial charge in [0.2, 0.25) is 0 Å². The zero-order chi connectivity index (χ0) is 17.4. The Morgan fingerprint density at radius 3 is 2.21 bits per heavy atom. The van der Waals surface area contributed by atoms with Gasteiger partial charge in [-0.15, -0.1) is 0 Å². The van der Waals surface area contributed by atoms with Crippen molar-refractivity contribution in [2.24, 2.45) is 11.8 Å². The number of ketones is 1. The molecule has 0 unspecified atom stereocenters. The number of unbranched alkanes of at least 4 members (excludes halogenated alkanes) is 9. The molecule has 2 bridgehead atoms. The highest BCUT2D eigenvalue weighted by Gasteiger charge is 2.49. The van der Waals surface area contributed by atoms with Crippen LogP contribution >= 0.6 is 0 Å². The van der Waals surface area contributed by atoms with Gasteiger partial charge in [-0.05, 0) is 19.8 Å². The molecule has 3 heteroatoms. The maximum atomic E-state index is 12.1. The fourth-order valence-corrected chi connectivity index (χ4v) is 4.24. The molecule has 1 saturated carbocycles. The Labute approximate surface area is 148 Å². The van der Waals surface area contributed by atoms with E-state index in [4.69, 9.17) is 9.78 Å². The summed E-state index contributed by atoms with van der Waals surface area (Å²) < 4.78 is 0. The maximum Gasteiger partial charge on any atom is 0.138 e. The molecule has 0 aromatic heterocycles. The minimum Gasteiger partial charge on any atom is -0.299 e. The van der Waals surface area contributed by atoms with E-state index in [2.05, 4.69) is 13.8 Å². The first kappa shape index (κ1) is 19.9. The Balaban J connectivity index is 1.56. The first-order valence-corrected chi connectivity index (χ1v) is 10.4. The van der Waals surface area contributed by atoms with Crippen LogP contribution in [-0.4, -0.2) is 17.5 Å². The maximum absolute atomic E-state index is 12.1. The number of Topliss-reactive ketones (excluding diaryl/α,β-unsaturated/α-hetero) is 1. The minimum atomic E-state index is -0.257. The van der Waals surface area contributed by atoms with Crippen LogP contribution in [0.1, 0.15) is 104 Å². The van der Waals surface area contributed by atoms with E-state index in [0.717, 1.165) is 12.8 Å². The van der Waals surface area contributed by atoms with Crippen molar-refractivity contribution in [3.63, 3.8) is 0 Å². The first-order valence-electron chi connectivity index (χ1n) is 10.4. The van der Waals surface area contributed by atoms with Gasteiger partial charge in [0.1, 0.15) is 17.5 Å². The van der Waals surface area contributed by atoms with Crippen LogP contribution in [0, 0.1) is 11.8 Å². The molecule has 0 N–H and O–H groups in total. The lowest BCUT2D eigenvalue weighted by atomic mass is 9.70. The summed E-state index contributed by atoms with van der Waals surface area (Å²) >= 11 is 0. The van der Waals surface area contributed by atoms with Crippen LogP contribution in [0.25, 0.3) is 0 Å². The molecule has 0 aromatic carbocycles. The van der Waals surface area contributed by atoms with E-state index in [-0.39, 0.29) is 17.6 Å². The second-order valence-corrected chi connectivity index (χ2v) is 8.35. The zero-order valence-electron chi connectivity index (χ0n) is 16.1. The number of carbonyl (C=O) groups excluding carboxylic acids is 1. The van der Waals surface area contributed by atoms with Crippen molar-refractivity contribution in [1.29, 1.82) is 0 Å². The average Bonchev–Trinajstić information content (AvgIpc) is 2.57. The van der Waals surface area contributed by atoms with Crippen molar-refractivity contribution in [3.05, 3.63) is 0 Å². The molecule has 3 nitrogen and oxygen atoms in total. The number of hydrogen-bond donors (Lipinski definition) is 0. The summed E-state index contributed by atoms with van der Waals surface area (Å²) in [4.78, 5) is 23.5. The highest BCUT2D eigenvalue weighted by atomic mass is 17.2. The first-order chi connectivity index (χ1) is 11.6. The standard InChI is InChI=1S/C21H38O3/c1-4-5-6-7-8-9-10-11-12-13-14-21(3)18-15-19(22)17(2)20(16-18)23-24-21/h17-18,20H,4-16H2,1-3H3/t17-,18+,20+,21-/m0/s1. The summed E-state index contributed by atoms with van der Waals surface area (Å²) in [6.07, 6.45) is 16.1. The van der Waals surface area contributed by atoms with Crippen molar-refractivity contribution in [1.82, 2.24) is 0 Å². The summed E-state index contributed by atoms with van der Waals surface area (Å²) in [7, 11) is 0. The molecule has 1 saturated heterocycles. The molecule has 0 aromatic rings. The number of rotatable bonds is 11. The summed E-state index contributed by atoms with van der Waals surface area (Å²) in [5.74, 6) is 0.704. The highest BCUT2D eigenvalue weighted by molar-refractivity contribution is 5.82. The molecular weight excluding hydrogens is 300 g/mol. The predicted octanol–water partition coefficient (Wildman–Crippen LogP) is 6.00. The van der Waals surface area contributed by atoms with Crippen LogP contribution in [0.5, 0.6) is 0 Å². The third-order valence-corrected chi connectivity index (χ3v) is 6.28. The SMILES string of the molecule is CCCCCCCCCCCC[C@]1(C)OO[C@@H]2C[C@H]1CC(=O)[C@@H]2C. The molecule has 2 fully saturated rings. The van der Waals surface area contributed by atoms with E-state index in [0.29, 0.717) is 18.1 Å². The Morgan fingerprint density at radius 1 is 1.00 bits per heavy atom. The second-order valence-electron chi connectivity index (χ2n) is 8.35. The van der Waals surface area contributed by atoms with Gasteiger partial charge in [0, 0.05) is 18.3 Å². The van der Waals surface area contributed by atoms with Crippen LogP contribution in [0.3, 0.4) is 0 Å². The number of fused-ring (bicyclic) bond motifs is 2. The Morgan fingerprint density at radius 2 is 1.58 bits per heavy atom. The summed E-state index contributed by atoms with van der Waals surface area (Å²) in [5, 5.41) is 0. The lowest BCUT2D eigenvalue weighted by Gasteiger charge is -2.47. The van der Waals surface area contributed by atoms with Gasteiger partial charge in [-0.2, -0.15) is 0 Å². The topological polar surface area (TPSA) is 35.5 Å². The third kappa shape index (κ3) is 5.56. The number of carbonyl (C=O) groups is 1. The lowest BCUT2D eigenvalue weighted by molar-refractivity contribution is -0.429. The van der Waals surface area contributed by atoms with E-state index in [9.17, 15) is 4.79 Å². The predicted molar refractivity (Wildman–Crippen MR) is 97.7 cm³/mol. The molecule has 2 aliphatic rings. The van der Waals surface area contributed by atoms with Gasteiger partial charge in [-0.25, -0.2) is 9.78 Å². The fourth-order valence-electron chi connectivity index (χ4n) is 4.24. The van der Waals surface area contributed by atoms with Crippen molar-refractivity contribution in [3.8, 4) is 0 Å². The van der Waals surface area contributed by atoms with E-state index in [1.807, 2.05) is 6.92 Å². The van der Waals surface area contributed by atoms with E-state index >= 15 is 0 Å². The summed E-state index contributed by atoms with van der Waals surface area (Å²) in [6, 6.07) is 0. The molecule has 1 heterocycles. The van der Waals surface area contributed by atoms with E-state index < -0.39 is 0 Å². The third-order valence-electron chi connectivity index (χ3n) is 6.28. The van der Waals surface area contributed by atoms with Crippen LogP contribution in [0.2, 0.25) is 0 Å². The molecular formula is C21H38O3. The van der Waals surface area contributed by atoms with Gasteiger partial charge >= 0.3 is 0 Å². The Bertz CT molecular complexity index is 381. The molecule has 2 rings (SSSR count). The molecule has 24 heavy (non-hydrogen) atoms. The molecule has 1 aliphatic heterocycles. The lowest BCUT2D eigenvalue weighted by Crippen LogP contribution is -2.52. The van der Waals surface area contributed by atoms with Crippen molar-refractivity contribution in [2.75, 3.05) is 0 Å². The highest BCUT2D eigenvalue weighted by Crippen LogP contribution is 2.44. The van der Waals surface area contributed by atoms with Crippen LogP contribution in [0.4, 0.5) is 0 Å². The van der Waals surface area contributed by atoms with Crippen molar-refractivity contribution in [2.45, 2.75) is 116 Å². The van der Waals surface area contributed by atoms with E-state index in [1.54, 1.807) is 0 Å². The van der Waals surface area contributed by atoms with Crippen molar-refractivity contribution < 1.29 is 14.6 Å². The monoisotopic (exact) mass is 338 g/mol. The molecule has 140 valence electrons. The van der Waals surface area contributed by atoms with Crippen LogP contribution < -0.4 is 0 Å². The van der Waals surface area contributed by atoms with E-state index in [1.165, 1.54) is 64.2 Å². The second kappa shape index (κ2) is 9.91. The average molecular weight is 339 g/mol. The zero-order valence-corrected chi connectivity index (χ0v) is 16.1. The van der Waals surface area contributed by atoms with Gasteiger partial charge in [-0.1, -0.05) is 78.1 Å². The summed E-state index contributed by atoms with van der Waals surface area (Å²) in [5.41, 5.74) is -0.257. The quantitative estimate of drug-likeness (QED) is 0.342. The summed E-state index contributed by atoms with van der Waals surface area (Å²) in [6.45, 7) is 6.38. The van der Waals surface area contributed by atoms with Gasteiger partial charge in [0.15, 0.2) is 0 Å². The number of hydrogen-bond acceptors (Lipinski definition) is 3. The van der Waals surface area contributed by atoms with Gasteiger partial charge in [-0.3, -0.25) is 4.79 Å². The molecule has 0 amide bonds. The van der Waals surface area contributed by atoms with Gasteiger partial charge in [0.05, 0.1) is 0 Å².